The van der Waals surface area contributed by atoms with Crippen molar-refractivity contribution in [3.63, 3.8) is 0 Å². The Balaban J connectivity index is 1.48. The van der Waals surface area contributed by atoms with Gasteiger partial charge in [-0.15, -0.1) is 0 Å². The third-order valence-electron chi connectivity index (χ3n) is 5.12. The molecule has 0 aliphatic carbocycles. The number of rotatable bonds is 5. The molecule has 0 unspecified atom stereocenters. The Morgan fingerprint density at radius 2 is 2.00 bits per heavy atom. The van der Waals surface area contributed by atoms with Crippen LogP contribution in [0.15, 0.2) is 60.9 Å². The maximum absolute atomic E-state index is 11.1. The molecule has 0 spiro atoms. The van der Waals surface area contributed by atoms with Crippen LogP contribution in [0.3, 0.4) is 0 Å². The van der Waals surface area contributed by atoms with Gasteiger partial charge in [0.15, 0.2) is 5.82 Å². The van der Waals surface area contributed by atoms with Gasteiger partial charge in [-0.3, -0.25) is 9.78 Å². The monoisotopic (exact) mass is 413 g/mol. The Hall–Kier alpha value is -4.40. The van der Waals surface area contributed by atoms with Gasteiger partial charge in [0.25, 0.3) is 0 Å². The zero-order valence-corrected chi connectivity index (χ0v) is 16.4. The van der Waals surface area contributed by atoms with E-state index >= 15 is 0 Å². The number of carbonyl (C=O) groups excluding carboxylic acids is 1. The SMILES string of the molecule is NC(=O)Oc1ccccc1CCn1cc2c(n1)c(N)nc1cc(-c3cc[nH]n3)ccc12. The minimum Gasteiger partial charge on any atom is -0.410 e. The number of fused-ring (bicyclic) bond motifs is 3. The van der Waals surface area contributed by atoms with E-state index in [0.717, 1.165) is 33.1 Å². The predicted octanol–water partition coefficient (Wildman–Crippen LogP) is 3.26. The fraction of sp³-hybridized carbons (Fsp3) is 0.0909. The van der Waals surface area contributed by atoms with Crippen molar-refractivity contribution in [2.24, 2.45) is 5.73 Å². The normalized spacial score (nSPS) is 11.2. The number of primary amides is 1. The van der Waals surface area contributed by atoms with Crippen molar-refractivity contribution < 1.29 is 9.53 Å². The Kier molecular flexibility index (Phi) is 4.47. The highest BCUT2D eigenvalue weighted by Gasteiger charge is 2.13. The van der Waals surface area contributed by atoms with Crippen LogP contribution < -0.4 is 16.2 Å². The molecule has 0 bridgehead atoms. The van der Waals surface area contributed by atoms with E-state index in [2.05, 4.69) is 20.3 Å². The summed E-state index contributed by atoms with van der Waals surface area (Å²) in [5, 5.41) is 13.6. The number of anilines is 1. The number of nitrogen functional groups attached to an aromatic ring is 1. The number of nitrogens with two attached hydrogens (primary N) is 2. The smallest absolute Gasteiger partial charge is 0.409 e. The van der Waals surface area contributed by atoms with Crippen LogP contribution in [0.1, 0.15) is 5.56 Å². The standard InChI is InChI=1S/C22H19N7O2/c23-21-20-16(15-6-5-14(11-18(15)26-21)17-7-9-25-27-17)12-29(28-20)10-8-13-3-1-2-4-19(13)31-22(24)30/h1-7,9,11-12H,8,10H2,(H2,23,26)(H2,24,30)(H,25,27). The lowest BCUT2D eigenvalue weighted by atomic mass is 10.1. The van der Waals surface area contributed by atoms with Crippen LogP contribution in [0.4, 0.5) is 10.6 Å². The second-order valence-corrected chi connectivity index (χ2v) is 7.12. The number of ether oxygens (including phenoxy) is 1. The Labute approximate surface area is 176 Å². The summed E-state index contributed by atoms with van der Waals surface area (Å²) in [7, 11) is 0. The highest BCUT2D eigenvalue weighted by molar-refractivity contribution is 6.08. The number of aryl methyl sites for hydroxylation is 2. The van der Waals surface area contributed by atoms with Gasteiger partial charge >= 0.3 is 6.09 Å². The minimum absolute atomic E-state index is 0.373. The Bertz CT molecular complexity index is 1410. The van der Waals surface area contributed by atoms with E-state index in [-0.39, 0.29) is 0 Å². The number of nitrogens with zero attached hydrogens (tertiary/aromatic N) is 4. The van der Waals surface area contributed by atoms with Gasteiger partial charge in [0, 0.05) is 35.3 Å². The minimum atomic E-state index is -0.836. The molecule has 3 heterocycles. The van der Waals surface area contributed by atoms with E-state index in [0.29, 0.717) is 30.0 Å². The first-order valence-electron chi connectivity index (χ1n) is 9.70. The molecule has 0 fully saturated rings. The predicted molar refractivity (Wildman–Crippen MR) is 117 cm³/mol. The molecule has 0 saturated heterocycles. The first-order valence-corrected chi connectivity index (χ1v) is 9.70. The molecular weight excluding hydrogens is 394 g/mol. The van der Waals surface area contributed by atoms with Gasteiger partial charge in [0.05, 0.1) is 11.2 Å². The maximum Gasteiger partial charge on any atom is 0.409 e. The number of pyridine rings is 1. The van der Waals surface area contributed by atoms with E-state index in [1.54, 1.807) is 18.3 Å². The molecule has 5 N–H and O–H groups in total. The number of amides is 1. The van der Waals surface area contributed by atoms with E-state index in [1.807, 2.05) is 47.3 Å². The molecule has 0 saturated carbocycles. The van der Waals surface area contributed by atoms with E-state index < -0.39 is 6.09 Å². The number of carbonyl (C=O) groups is 1. The summed E-state index contributed by atoms with van der Waals surface area (Å²) >= 11 is 0. The molecule has 2 aromatic carbocycles. The number of hydrogen-bond donors (Lipinski definition) is 3. The quantitative estimate of drug-likeness (QED) is 0.404. The van der Waals surface area contributed by atoms with Gasteiger partial charge < -0.3 is 16.2 Å². The second kappa shape index (κ2) is 7.45. The number of aromatic nitrogens is 5. The van der Waals surface area contributed by atoms with Crippen LogP contribution in [0.25, 0.3) is 33.1 Å². The first kappa shape index (κ1) is 18.6. The number of aromatic amines is 1. The lowest BCUT2D eigenvalue weighted by Gasteiger charge is -2.08. The summed E-state index contributed by atoms with van der Waals surface area (Å²) in [6.45, 7) is 0.570. The highest BCUT2D eigenvalue weighted by Crippen LogP contribution is 2.30. The molecule has 31 heavy (non-hydrogen) atoms. The zero-order valence-electron chi connectivity index (χ0n) is 16.4. The summed E-state index contributed by atoms with van der Waals surface area (Å²) < 4.78 is 6.91. The Morgan fingerprint density at radius 1 is 1.13 bits per heavy atom. The van der Waals surface area contributed by atoms with E-state index in [4.69, 9.17) is 16.2 Å². The van der Waals surface area contributed by atoms with Gasteiger partial charge in [-0.2, -0.15) is 10.2 Å². The fourth-order valence-electron chi connectivity index (χ4n) is 3.69. The highest BCUT2D eigenvalue weighted by atomic mass is 16.5. The summed E-state index contributed by atoms with van der Waals surface area (Å²) in [6, 6.07) is 15.2. The van der Waals surface area contributed by atoms with Crippen molar-refractivity contribution in [3.05, 3.63) is 66.5 Å². The zero-order chi connectivity index (χ0) is 21.4. The summed E-state index contributed by atoms with van der Waals surface area (Å²) in [4.78, 5) is 15.7. The first-order chi connectivity index (χ1) is 15.1. The molecular formula is C22H19N7O2. The summed E-state index contributed by atoms with van der Waals surface area (Å²) in [5.41, 5.74) is 15.5. The van der Waals surface area contributed by atoms with Gasteiger partial charge in [-0.05, 0) is 30.2 Å². The fourth-order valence-corrected chi connectivity index (χ4v) is 3.69. The van der Waals surface area contributed by atoms with Crippen molar-refractivity contribution in [2.45, 2.75) is 13.0 Å². The molecule has 0 radical (unpaired) electrons. The van der Waals surface area contributed by atoms with Crippen LogP contribution in [0, 0.1) is 0 Å². The Morgan fingerprint density at radius 3 is 2.81 bits per heavy atom. The van der Waals surface area contributed by atoms with Crippen LogP contribution in [-0.2, 0) is 13.0 Å². The molecule has 5 rings (SSSR count). The lowest BCUT2D eigenvalue weighted by molar-refractivity contribution is 0.210. The van der Waals surface area contributed by atoms with Crippen molar-refractivity contribution in [3.8, 4) is 17.0 Å². The van der Waals surface area contributed by atoms with Gasteiger partial charge in [0.2, 0.25) is 0 Å². The number of nitrogens with one attached hydrogen (secondary N) is 1. The van der Waals surface area contributed by atoms with Crippen molar-refractivity contribution >= 4 is 33.7 Å². The average molecular weight is 413 g/mol. The second-order valence-electron chi connectivity index (χ2n) is 7.12. The molecule has 3 aromatic heterocycles. The molecule has 0 aliphatic rings. The number of H-pyrrole nitrogens is 1. The van der Waals surface area contributed by atoms with Gasteiger partial charge in [0.1, 0.15) is 11.3 Å². The molecule has 9 nitrogen and oxygen atoms in total. The van der Waals surface area contributed by atoms with E-state index in [1.165, 1.54) is 0 Å². The molecule has 5 aromatic rings. The van der Waals surface area contributed by atoms with Gasteiger partial charge in [-0.1, -0.05) is 30.3 Å². The molecule has 0 aliphatic heterocycles. The number of para-hydroxylation sites is 1. The number of hydrogen-bond acceptors (Lipinski definition) is 6. The molecule has 0 atom stereocenters. The maximum atomic E-state index is 11.1. The third-order valence-corrected chi connectivity index (χ3v) is 5.12. The van der Waals surface area contributed by atoms with Crippen LogP contribution >= 0.6 is 0 Å². The average Bonchev–Trinajstić information content (AvgIpc) is 3.43. The molecule has 9 heteroatoms. The lowest BCUT2D eigenvalue weighted by Crippen LogP contribution is -2.17. The molecule has 154 valence electrons. The van der Waals surface area contributed by atoms with Gasteiger partial charge in [-0.25, -0.2) is 9.78 Å². The van der Waals surface area contributed by atoms with Crippen molar-refractivity contribution in [2.75, 3.05) is 5.73 Å². The van der Waals surface area contributed by atoms with Crippen LogP contribution in [0.5, 0.6) is 5.75 Å². The van der Waals surface area contributed by atoms with Crippen LogP contribution in [0.2, 0.25) is 0 Å². The molecule has 1 amide bonds. The largest absolute Gasteiger partial charge is 0.410 e. The van der Waals surface area contributed by atoms with E-state index in [9.17, 15) is 4.79 Å². The summed E-state index contributed by atoms with van der Waals surface area (Å²) in [5.74, 6) is 0.821. The number of benzene rings is 2. The summed E-state index contributed by atoms with van der Waals surface area (Å²) in [6.07, 6.45) is 3.51. The van der Waals surface area contributed by atoms with Crippen LogP contribution in [-0.4, -0.2) is 31.1 Å². The topological polar surface area (TPSA) is 138 Å². The van der Waals surface area contributed by atoms with Crippen molar-refractivity contribution in [1.29, 1.82) is 0 Å². The third kappa shape index (κ3) is 3.52. The van der Waals surface area contributed by atoms with Crippen molar-refractivity contribution in [1.82, 2.24) is 25.0 Å².